The van der Waals surface area contributed by atoms with Crippen molar-refractivity contribution in [2.45, 2.75) is 0 Å². The SMILES string of the molecule is Cn1c(=O)c2[nH]cnc2n(C)c1=O.Cn1c(=O)c2[nH]cnc2n(C)c1=O.Cn1c(=O)c2c(ncn2C)n(C)c1=O.NCCN. The Morgan fingerprint density at radius 2 is 0.909 bits per heavy atom. The molecule has 0 spiro atoms. The topological polar surface area (TPSA) is 259 Å². The standard InChI is InChI=1S/C8H10N4O2.2C7H8N4O2.C2H8N2/c1-10-4-9-6-5(10)7(13)12(3)8(14)11(6)2;2*1-10-5-4(8-3-9-5)6(12)11(2)7(10)13;3-1-2-4/h4H,1-3H3;2*3H,1-2H3,(H,8,9);1-4H2. The van der Waals surface area contributed by atoms with E-state index in [1.54, 1.807) is 32.8 Å². The van der Waals surface area contributed by atoms with Gasteiger partial charge in [-0.3, -0.25) is 41.8 Å². The van der Waals surface area contributed by atoms with E-state index in [1.165, 1.54) is 53.8 Å². The van der Waals surface area contributed by atoms with Gasteiger partial charge in [-0.15, -0.1) is 0 Å². The minimum absolute atomic E-state index is 0.317. The molecule has 6 N–H and O–H groups in total. The van der Waals surface area contributed by atoms with Crippen LogP contribution in [0.25, 0.3) is 33.5 Å². The molecule has 6 rings (SSSR count). The van der Waals surface area contributed by atoms with E-state index in [0.717, 1.165) is 13.7 Å². The maximum absolute atomic E-state index is 11.7. The second-order valence-electron chi connectivity index (χ2n) is 9.42. The first-order valence-electron chi connectivity index (χ1n) is 12.9. The van der Waals surface area contributed by atoms with Gasteiger partial charge in [0.25, 0.3) is 16.7 Å². The number of aromatic amines is 2. The van der Waals surface area contributed by atoms with Crippen LogP contribution in [0.4, 0.5) is 0 Å². The number of nitrogens with one attached hydrogen (secondary N) is 2. The van der Waals surface area contributed by atoms with Gasteiger partial charge < -0.3 is 26.0 Å². The lowest BCUT2D eigenvalue weighted by atomic mass is 10.5. The van der Waals surface area contributed by atoms with Crippen molar-refractivity contribution in [3.8, 4) is 0 Å². The third-order valence-corrected chi connectivity index (χ3v) is 6.54. The van der Waals surface area contributed by atoms with Gasteiger partial charge in [0.05, 0.1) is 19.0 Å². The Labute approximate surface area is 246 Å². The van der Waals surface area contributed by atoms with Crippen LogP contribution in [0.1, 0.15) is 0 Å². The van der Waals surface area contributed by atoms with Crippen LogP contribution in [-0.2, 0) is 49.3 Å². The Bertz CT molecular complexity index is 2210. The fourth-order valence-electron chi connectivity index (χ4n) is 4.01. The van der Waals surface area contributed by atoms with Gasteiger partial charge in [-0.25, -0.2) is 29.3 Å². The van der Waals surface area contributed by atoms with Crippen molar-refractivity contribution in [2.75, 3.05) is 13.1 Å². The Morgan fingerprint density at radius 3 is 1.30 bits per heavy atom. The monoisotopic (exact) mass is 614 g/mol. The molecule has 236 valence electrons. The van der Waals surface area contributed by atoms with E-state index in [4.69, 9.17) is 11.5 Å². The summed E-state index contributed by atoms with van der Waals surface area (Å²) in [6.07, 6.45) is 4.31. The second-order valence-corrected chi connectivity index (χ2v) is 9.42. The molecule has 0 aliphatic carbocycles. The van der Waals surface area contributed by atoms with E-state index < -0.39 is 0 Å². The minimum Gasteiger partial charge on any atom is -0.339 e. The zero-order chi connectivity index (χ0) is 33.0. The van der Waals surface area contributed by atoms with Gasteiger partial charge in [-0.2, -0.15) is 0 Å². The maximum Gasteiger partial charge on any atom is 0.332 e. The van der Waals surface area contributed by atoms with E-state index in [0.29, 0.717) is 46.6 Å². The van der Waals surface area contributed by atoms with Crippen LogP contribution in [-0.4, -0.2) is 70.0 Å². The minimum atomic E-state index is -0.371. The van der Waals surface area contributed by atoms with Crippen LogP contribution in [0.15, 0.2) is 47.7 Å². The summed E-state index contributed by atoms with van der Waals surface area (Å²) in [5.74, 6) is 0. The number of fused-ring (bicyclic) bond motifs is 3. The summed E-state index contributed by atoms with van der Waals surface area (Å²) < 4.78 is 8.78. The van der Waals surface area contributed by atoms with Crippen LogP contribution in [0.2, 0.25) is 0 Å². The Balaban J connectivity index is 0.000000170. The largest absolute Gasteiger partial charge is 0.339 e. The number of rotatable bonds is 1. The number of aryl methyl sites for hydroxylation is 4. The van der Waals surface area contributed by atoms with Gasteiger partial charge in [0.1, 0.15) is 11.0 Å². The molecule has 20 nitrogen and oxygen atoms in total. The molecule has 0 aliphatic heterocycles. The lowest BCUT2D eigenvalue weighted by molar-refractivity contribution is 0.705. The van der Waals surface area contributed by atoms with Gasteiger partial charge in [0.2, 0.25) is 0 Å². The first kappa shape index (κ1) is 32.9. The van der Waals surface area contributed by atoms with Gasteiger partial charge in [0, 0.05) is 62.4 Å². The van der Waals surface area contributed by atoms with Crippen molar-refractivity contribution < 1.29 is 0 Å². The van der Waals surface area contributed by atoms with Crippen LogP contribution in [0, 0.1) is 0 Å². The molecule has 6 aromatic heterocycles. The molecule has 0 saturated carbocycles. The number of H-pyrrole nitrogens is 2. The van der Waals surface area contributed by atoms with Crippen molar-refractivity contribution in [2.24, 2.45) is 60.8 Å². The second kappa shape index (κ2) is 13.1. The zero-order valence-corrected chi connectivity index (χ0v) is 25.2. The molecule has 20 heteroatoms. The maximum atomic E-state index is 11.7. The number of hydrogen-bond donors (Lipinski definition) is 4. The summed E-state index contributed by atoms with van der Waals surface area (Å²) in [5, 5.41) is 0. The number of nitrogens with two attached hydrogens (primary N) is 2. The predicted molar refractivity (Wildman–Crippen MR) is 162 cm³/mol. The molecule has 6 aromatic rings. The first-order chi connectivity index (χ1) is 20.7. The van der Waals surface area contributed by atoms with E-state index in [1.807, 2.05) is 0 Å². The first-order valence-corrected chi connectivity index (χ1v) is 12.9. The smallest absolute Gasteiger partial charge is 0.332 e. The third-order valence-electron chi connectivity index (χ3n) is 6.54. The van der Waals surface area contributed by atoms with Crippen molar-refractivity contribution in [1.29, 1.82) is 0 Å². The highest BCUT2D eigenvalue weighted by molar-refractivity contribution is 5.70. The van der Waals surface area contributed by atoms with Gasteiger partial charge in [-0.05, 0) is 0 Å². The van der Waals surface area contributed by atoms with E-state index in [2.05, 4.69) is 24.9 Å². The lowest BCUT2D eigenvalue weighted by Crippen LogP contribution is -2.37. The van der Waals surface area contributed by atoms with Crippen LogP contribution >= 0.6 is 0 Å². The molecule has 44 heavy (non-hydrogen) atoms. The van der Waals surface area contributed by atoms with E-state index >= 15 is 0 Å². The predicted octanol–water partition coefficient (Wildman–Crippen LogP) is -4.20. The number of nitrogens with zero attached hydrogens (tertiary/aromatic N) is 10. The average Bonchev–Trinajstić information content (AvgIpc) is 3.80. The Kier molecular flexibility index (Phi) is 9.81. The molecule has 0 radical (unpaired) electrons. The highest BCUT2D eigenvalue weighted by Crippen LogP contribution is 2.02. The number of imidazole rings is 3. The zero-order valence-electron chi connectivity index (χ0n) is 25.2. The molecular formula is C24H34N14O6. The van der Waals surface area contributed by atoms with Gasteiger partial charge >= 0.3 is 17.1 Å². The molecule has 0 saturated heterocycles. The summed E-state index contributed by atoms with van der Waals surface area (Å²) in [4.78, 5) is 85.9. The average molecular weight is 615 g/mol. The molecule has 0 amide bonds. The highest BCUT2D eigenvalue weighted by Gasteiger charge is 2.12. The van der Waals surface area contributed by atoms with Crippen molar-refractivity contribution >= 4 is 33.5 Å². The van der Waals surface area contributed by atoms with Crippen molar-refractivity contribution in [3.63, 3.8) is 0 Å². The Hall–Kier alpha value is -5.63. The molecule has 0 unspecified atom stereocenters. The van der Waals surface area contributed by atoms with Crippen LogP contribution < -0.4 is 45.2 Å². The third kappa shape index (κ3) is 5.83. The quantitative estimate of drug-likeness (QED) is 0.138. The molecule has 0 fully saturated rings. The fraction of sp³-hybridized carbons (Fsp3) is 0.375. The summed E-state index contributed by atoms with van der Waals surface area (Å²) in [6, 6.07) is 0. The molecular weight excluding hydrogens is 580 g/mol. The van der Waals surface area contributed by atoms with Gasteiger partial charge in [0.15, 0.2) is 22.5 Å². The summed E-state index contributed by atoms with van der Waals surface area (Å²) in [6.45, 7) is 1.19. The number of aromatic nitrogens is 12. The molecule has 6 heterocycles. The molecule has 0 bridgehead atoms. The fourth-order valence-corrected chi connectivity index (χ4v) is 4.01. The van der Waals surface area contributed by atoms with Crippen molar-refractivity contribution in [1.82, 2.24) is 56.9 Å². The van der Waals surface area contributed by atoms with E-state index in [-0.39, 0.29) is 33.7 Å². The van der Waals surface area contributed by atoms with Gasteiger partial charge in [-0.1, -0.05) is 0 Å². The van der Waals surface area contributed by atoms with Crippen molar-refractivity contribution in [3.05, 3.63) is 81.5 Å². The summed E-state index contributed by atoms with van der Waals surface area (Å²) in [7, 11) is 10.8. The van der Waals surface area contributed by atoms with Crippen LogP contribution in [0.3, 0.4) is 0 Å². The lowest BCUT2D eigenvalue weighted by Gasteiger charge is -2.02. The highest BCUT2D eigenvalue weighted by atomic mass is 16.2. The van der Waals surface area contributed by atoms with Crippen LogP contribution in [0.5, 0.6) is 0 Å². The summed E-state index contributed by atoms with van der Waals surface area (Å²) >= 11 is 0. The molecule has 0 aromatic carbocycles. The number of hydrogen-bond acceptors (Lipinski definition) is 11. The Morgan fingerprint density at radius 1 is 0.545 bits per heavy atom. The summed E-state index contributed by atoms with van der Waals surface area (Å²) in [5.41, 5.74) is 10.0. The molecule has 0 atom stereocenters. The molecule has 0 aliphatic rings. The van der Waals surface area contributed by atoms with E-state index in [9.17, 15) is 28.8 Å². The normalized spacial score (nSPS) is 10.7.